The third kappa shape index (κ3) is 2.70. The van der Waals surface area contributed by atoms with Crippen LogP contribution < -0.4 is 5.84 Å². The van der Waals surface area contributed by atoms with Crippen molar-refractivity contribution in [1.29, 1.82) is 0 Å². The second kappa shape index (κ2) is 4.68. The Kier molecular flexibility index (Phi) is 3.20. The van der Waals surface area contributed by atoms with Crippen molar-refractivity contribution >= 4 is 5.69 Å². The third-order valence-corrected chi connectivity index (χ3v) is 2.44. The molecule has 1 aromatic carbocycles. The molecule has 0 spiro atoms. The van der Waals surface area contributed by atoms with Gasteiger partial charge in [0.15, 0.2) is 11.1 Å². The van der Waals surface area contributed by atoms with Crippen LogP contribution in [0.4, 0.5) is 18.9 Å². The van der Waals surface area contributed by atoms with Gasteiger partial charge in [0.2, 0.25) is 0 Å². The largest absolute Gasteiger partial charge is 0.417 e. The molecule has 2 rings (SSSR count). The molecule has 0 aliphatic carbocycles. The SMILES string of the molecule is N[N+](=O)c1[c]nc(-c2ccccc2C(F)(F)F)cc1. The molecule has 4 nitrogen and oxygen atoms in total. The van der Waals surface area contributed by atoms with Crippen LogP contribution in [0.15, 0.2) is 36.4 Å². The molecule has 1 heterocycles. The van der Waals surface area contributed by atoms with Crippen molar-refractivity contribution in [1.82, 2.24) is 4.98 Å². The quantitative estimate of drug-likeness (QED) is 0.517. The van der Waals surface area contributed by atoms with Gasteiger partial charge in [-0.2, -0.15) is 19.0 Å². The van der Waals surface area contributed by atoms with Gasteiger partial charge >= 0.3 is 11.9 Å². The van der Waals surface area contributed by atoms with E-state index in [2.05, 4.69) is 11.2 Å². The Morgan fingerprint density at radius 1 is 1.16 bits per heavy atom. The Hall–Kier alpha value is -2.44. The van der Waals surface area contributed by atoms with Crippen LogP contribution >= 0.6 is 0 Å². The number of nitrogens with two attached hydrogens (primary N) is 1. The van der Waals surface area contributed by atoms with Crippen molar-refractivity contribution in [2.75, 3.05) is 0 Å². The molecule has 7 heteroatoms. The third-order valence-electron chi connectivity index (χ3n) is 2.44. The number of pyridine rings is 1. The molecule has 2 N–H and O–H groups in total. The molecule has 97 valence electrons. The van der Waals surface area contributed by atoms with Gasteiger partial charge < -0.3 is 0 Å². The van der Waals surface area contributed by atoms with Gasteiger partial charge in [0.1, 0.15) is 0 Å². The molecule has 0 aliphatic heterocycles. The smallest absolute Gasteiger partial charge is 0.239 e. The van der Waals surface area contributed by atoms with Crippen molar-refractivity contribution in [3.05, 3.63) is 53.1 Å². The van der Waals surface area contributed by atoms with Gasteiger partial charge in [-0.05, 0) is 12.1 Å². The number of aromatic nitrogens is 1. The first-order chi connectivity index (χ1) is 8.89. The number of hydrazine groups is 1. The average molecular weight is 267 g/mol. The van der Waals surface area contributed by atoms with E-state index in [-0.39, 0.29) is 21.8 Å². The maximum atomic E-state index is 12.8. The molecule has 0 unspecified atom stereocenters. The summed E-state index contributed by atoms with van der Waals surface area (Å²) in [5.41, 5.74) is -0.866. The summed E-state index contributed by atoms with van der Waals surface area (Å²) < 4.78 is 38.5. The Balaban J connectivity index is 2.50. The molecule has 2 aromatic rings. The van der Waals surface area contributed by atoms with Crippen LogP contribution in [0.25, 0.3) is 11.3 Å². The van der Waals surface area contributed by atoms with E-state index < -0.39 is 11.7 Å². The van der Waals surface area contributed by atoms with E-state index in [9.17, 15) is 18.1 Å². The second-order valence-electron chi connectivity index (χ2n) is 3.70. The summed E-state index contributed by atoms with van der Waals surface area (Å²) in [5, 5.41) is 0. The highest BCUT2D eigenvalue weighted by atomic mass is 19.4. The normalized spacial score (nSPS) is 11.3. The first-order valence-electron chi connectivity index (χ1n) is 5.17. The highest BCUT2D eigenvalue weighted by Crippen LogP contribution is 2.36. The molecule has 0 atom stereocenters. The van der Waals surface area contributed by atoms with Gasteiger partial charge in [0.25, 0.3) is 0 Å². The number of nitroso groups, excluding NO2 is 1. The number of alkyl halides is 3. The lowest BCUT2D eigenvalue weighted by atomic mass is 10.0. The topological polar surface area (TPSA) is 59.0 Å². The van der Waals surface area contributed by atoms with Crippen LogP contribution in [-0.2, 0) is 6.18 Å². The van der Waals surface area contributed by atoms with E-state index in [0.717, 1.165) is 6.07 Å². The Morgan fingerprint density at radius 3 is 2.37 bits per heavy atom. The Morgan fingerprint density at radius 2 is 1.84 bits per heavy atom. The highest BCUT2D eigenvalue weighted by Gasteiger charge is 2.33. The lowest BCUT2D eigenvalue weighted by Crippen LogP contribution is -2.10. The summed E-state index contributed by atoms with van der Waals surface area (Å²) in [4.78, 5) is 14.5. The van der Waals surface area contributed by atoms with Gasteiger partial charge in [-0.25, -0.2) is 4.98 Å². The zero-order chi connectivity index (χ0) is 14.0. The van der Waals surface area contributed by atoms with Crippen molar-refractivity contribution in [2.24, 2.45) is 5.84 Å². The summed E-state index contributed by atoms with van der Waals surface area (Å²) in [5.74, 6) is 4.93. The molecular weight excluding hydrogens is 259 g/mol. The van der Waals surface area contributed by atoms with E-state index in [1.54, 1.807) is 0 Å². The molecular formula is C12H8F3N3O+. The predicted molar refractivity (Wildman–Crippen MR) is 61.0 cm³/mol. The molecule has 0 saturated heterocycles. The Bertz CT molecular complexity index is 608. The molecule has 19 heavy (non-hydrogen) atoms. The van der Waals surface area contributed by atoms with Gasteiger partial charge in [-0.15, -0.1) is 0 Å². The molecule has 0 saturated carbocycles. The Labute approximate surface area is 106 Å². The van der Waals surface area contributed by atoms with E-state index >= 15 is 0 Å². The fraction of sp³-hybridized carbons (Fsp3) is 0.0833. The average Bonchev–Trinajstić information content (AvgIpc) is 2.38. The molecule has 1 radical (unpaired) electrons. The number of rotatable bonds is 2. The number of benzene rings is 1. The summed E-state index contributed by atoms with van der Waals surface area (Å²) in [6.07, 6.45) is -2.19. The standard InChI is InChI=1S/C12H8F3N3O/c13-12(14,15)10-4-2-1-3-9(10)11-6-5-8(7-17-11)18(16)19/h1-6H,(H2,16,19)/q+1. The molecule has 0 bridgehead atoms. The van der Waals surface area contributed by atoms with Crippen LogP contribution in [0.3, 0.4) is 0 Å². The minimum absolute atomic E-state index is 0.0342. The van der Waals surface area contributed by atoms with E-state index in [4.69, 9.17) is 5.84 Å². The zero-order valence-electron chi connectivity index (χ0n) is 9.48. The number of hydrogen-bond donors (Lipinski definition) is 1. The van der Waals surface area contributed by atoms with E-state index in [1.165, 1.54) is 30.3 Å². The number of nitrogens with zero attached hydrogens (tertiary/aromatic N) is 2. The molecule has 0 fully saturated rings. The number of halogens is 3. The van der Waals surface area contributed by atoms with Gasteiger partial charge in [-0.1, -0.05) is 18.2 Å². The van der Waals surface area contributed by atoms with Crippen molar-refractivity contribution < 1.29 is 18.0 Å². The minimum atomic E-state index is -4.48. The van der Waals surface area contributed by atoms with E-state index in [0.29, 0.717) is 0 Å². The molecule has 1 aromatic heterocycles. The van der Waals surface area contributed by atoms with Gasteiger partial charge in [0.05, 0.1) is 16.2 Å². The van der Waals surface area contributed by atoms with Crippen LogP contribution in [-0.4, -0.2) is 9.85 Å². The van der Waals surface area contributed by atoms with Crippen molar-refractivity contribution in [3.8, 4) is 11.3 Å². The van der Waals surface area contributed by atoms with Crippen LogP contribution in [0.5, 0.6) is 0 Å². The van der Waals surface area contributed by atoms with Gasteiger partial charge in [0, 0.05) is 11.6 Å². The maximum absolute atomic E-state index is 12.8. The lowest BCUT2D eigenvalue weighted by molar-refractivity contribution is -0.475. The fourth-order valence-corrected chi connectivity index (χ4v) is 1.58. The molecule has 0 aliphatic rings. The lowest BCUT2D eigenvalue weighted by Gasteiger charge is -2.11. The summed E-state index contributed by atoms with van der Waals surface area (Å²) in [7, 11) is 0. The predicted octanol–water partition coefficient (Wildman–Crippen LogP) is 2.85. The highest BCUT2D eigenvalue weighted by molar-refractivity contribution is 5.64. The van der Waals surface area contributed by atoms with Crippen molar-refractivity contribution in [2.45, 2.75) is 6.18 Å². The summed E-state index contributed by atoms with van der Waals surface area (Å²) in [6.45, 7) is 0. The van der Waals surface area contributed by atoms with Crippen LogP contribution in [0.2, 0.25) is 0 Å². The summed E-state index contributed by atoms with van der Waals surface area (Å²) in [6, 6.07) is 7.58. The minimum Gasteiger partial charge on any atom is -0.239 e. The monoisotopic (exact) mass is 267 g/mol. The first kappa shape index (κ1) is 13.0. The fourth-order valence-electron chi connectivity index (χ4n) is 1.58. The van der Waals surface area contributed by atoms with Crippen LogP contribution in [0, 0.1) is 11.1 Å². The van der Waals surface area contributed by atoms with Gasteiger partial charge in [-0.3, -0.25) is 0 Å². The van der Waals surface area contributed by atoms with Crippen LogP contribution in [0.1, 0.15) is 5.56 Å². The molecule has 0 amide bonds. The summed E-state index contributed by atoms with van der Waals surface area (Å²) >= 11 is 0. The zero-order valence-corrected chi connectivity index (χ0v) is 9.48. The van der Waals surface area contributed by atoms with Crippen molar-refractivity contribution in [3.63, 3.8) is 0 Å². The second-order valence-corrected chi connectivity index (χ2v) is 3.70. The van der Waals surface area contributed by atoms with E-state index in [1.807, 2.05) is 0 Å². The maximum Gasteiger partial charge on any atom is 0.417 e. The number of hydrogen-bond acceptors (Lipinski definition) is 2. The first-order valence-corrected chi connectivity index (χ1v) is 5.17.